The lowest BCUT2D eigenvalue weighted by Crippen LogP contribution is -2.49. The summed E-state index contributed by atoms with van der Waals surface area (Å²) in [4.78, 5) is 33.9. The molecule has 0 aliphatic carbocycles. The number of para-hydroxylation sites is 1. The largest absolute Gasteiger partial charge is 0.483 e. The van der Waals surface area contributed by atoms with E-state index in [4.69, 9.17) is 17.0 Å². The van der Waals surface area contributed by atoms with Crippen molar-refractivity contribution in [2.24, 2.45) is 0 Å². The maximum Gasteiger partial charge on any atom is 0.276 e. The normalized spacial score (nSPS) is 9.81. The molecule has 9 nitrogen and oxygen atoms in total. The number of benzene rings is 2. The van der Waals surface area contributed by atoms with Crippen molar-refractivity contribution in [1.82, 2.24) is 16.2 Å². The van der Waals surface area contributed by atoms with Crippen molar-refractivity contribution in [3.63, 3.8) is 0 Å². The average molecular weight is 388 g/mol. The van der Waals surface area contributed by atoms with Gasteiger partial charge in [0, 0.05) is 17.7 Å². The summed E-state index contributed by atoms with van der Waals surface area (Å²) in [5, 5.41) is 12.9. The van der Waals surface area contributed by atoms with Gasteiger partial charge in [-0.3, -0.25) is 35.9 Å². The summed E-state index contributed by atoms with van der Waals surface area (Å²) in [6.45, 7) is 1.60. The summed E-state index contributed by atoms with van der Waals surface area (Å²) < 4.78 is 5.37. The highest BCUT2D eigenvalue weighted by Gasteiger charge is 2.13. The summed E-state index contributed by atoms with van der Waals surface area (Å²) in [6, 6.07) is 12.4. The highest BCUT2D eigenvalue weighted by molar-refractivity contribution is 7.80. The van der Waals surface area contributed by atoms with E-state index in [-0.39, 0.29) is 23.0 Å². The number of aryl methyl sites for hydroxylation is 1. The average Bonchev–Trinajstić information content (AvgIpc) is 2.65. The van der Waals surface area contributed by atoms with Gasteiger partial charge in [0.1, 0.15) is 5.75 Å². The molecule has 0 spiro atoms. The first-order valence-electron chi connectivity index (χ1n) is 7.70. The summed E-state index contributed by atoms with van der Waals surface area (Å²) >= 11 is 4.90. The molecule has 0 unspecified atom stereocenters. The smallest absolute Gasteiger partial charge is 0.276 e. The molecular weight excluding hydrogens is 372 g/mol. The number of non-ortho nitro benzene ring substituents is 1. The maximum absolute atomic E-state index is 12.0. The number of amides is 2. The number of nitrogens with zero attached hydrogens (tertiary/aromatic N) is 1. The van der Waals surface area contributed by atoms with Gasteiger partial charge < -0.3 is 4.74 Å². The van der Waals surface area contributed by atoms with Gasteiger partial charge in [-0.2, -0.15) is 0 Å². The van der Waals surface area contributed by atoms with E-state index in [0.29, 0.717) is 5.75 Å². The zero-order chi connectivity index (χ0) is 19.8. The van der Waals surface area contributed by atoms with E-state index in [0.717, 1.165) is 11.6 Å². The lowest BCUT2D eigenvalue weighted by atomic mass is 10.2. The lowest BCUT2D eigenvalue weighted by molar-refractivity contribution is -0.384. The van der Waals surface area contributed by atoms with Crippen LogP contribution >= 0.6 is 12.2 Å². The Bertz CT molecular complexity index is 887. The molecule has 0 aliphatic heterocycles. The quantitative estimate of drug-likeness (QED) is 0.404. The van der Waals surface area contributed by atoms with Crippen LogP contribution in [0.15, 0.2) is 48.5 Å². The molecule has 0 fully saturated rings. The monoisotopic (exact) mass is 388 g/mol. The van der Waals surface area contributed by atoms with E-state index in [9.17, 15) is 19.7 Å². The lowest BCUT2D eigenvalue weighted by Gasteiger charge is -2.12. The van der Waals surface area contributed by atoms with Crippen LogP contribution < -0.4 is 20.9 Å². The number of hydrogen-bond acceptors (Lipinski definition) is 6. The Balaban J connectivity index is 1.79. The minimum Gasteiger partial charge on any atom is -0.483 e. The third-order valence-electron chi connectivity index (χ3n) is 3.31. The predicted octanol–water partition coefficient (Wildman–Crippen LogP) is 1.62. The molecule has 2 aromatic rings. The number of hydrazine groups is 1. The Kier molecular flexibility index (Phi) is 6.78. The number of carbonyl (C=O) groups is 2. The molecule has 0 saturated heterocycles. The van der Waals surface area contributed by atoms with E-state index in [2.05, 4.69) is 16.2 Å². The SMILES string of the molecule is Cc1ccccc1OCC(=O)NNC(=S)NC(=O)c1cccc([N+](=O)[O-])c1. The van der Waals surface area contributed by atoms with Gasteiger partial charge in [0.15, 0.2) is 11.7 Å². The van der Waals surface area contributed by atoms with Gasteiger partial charge in [-0.1, -0.05) is 24.3 Å². The van der Waals surface area contributed by atoms with Crippen molar-refractivity contribution in [2.45, 2.75) is 6.92 Å². The van der Waals surface area contributed by atoms with Crippen molar-refractivity contribution in [2.75, 3.05) is 6.61 Å². The zero-order valence-electron chi connectivity index (χ0n) is 14.2. The minimum atomic E-state index is -0.651. The first-order chi connectivity index (χ1) is 12.9. The molecule has 2 aromatic carbocycles. The number of nitro groups is 1. The molecule has 0 radical (unpaired) electrons. The molecule has 140 valence electrons. The van der Waals surface area contributed by atoms with Crippen molar-refractivity contribution >= 4 is 34.8 Å². The Morgan fingerprint density at radius 3 is 2.59 bits per heavy atom. The second-order valence-electron chi connectivity index (χ2n) is 5.32. The summed E-state index contributed by atoms with van der Waals surface area (Å²) in [5.41, 5.74) is 5.36. The van der Waals surface area contributed by atoms with E-state index in [1.54, 1.807) is 12.1 Å². The predicted molar refractivity (Wildman–Crippen MR) is 101 cm³/mol. The second-order valence-corrected chi connectivity index (χ2v) is 5.73. The third-order valence-corrected chi connectivity index (χ3v) is 3.52. The van der Waals surface area contributed by atoms with Crippen molar-refractivity contribution < 1.29 is 19.2 Å². The molecular formula is C17H16N4O5S. The van der Waals surface area contributed by atoms with Gasteiger partial charge in [-0.15, -0.1) is 0 Å². The van der Waals surface area contributed by atoms with Crippen LogP contribution in [0, 0.1) is 17.0 Å². The van der Waals surface area contributed by atoms with E-state index >= 15 is 0 Å². The van der Waals surface area contributed by atoms with Gasteiger partial charge in [-0.25, -0.2) is 0 Å². The topological polar surface area (TPSA) is 123 Å². The Hall–Kier alpha value is -3.53. The summed E-state index contributed by atoms with van der Waals surface area (Å²) in [6.07, 6.45) is 0. The van der Waals surface area contributed by atoms with Crippen LogP contribution in [-0.2, 0) is 4.79 Å². The highest BCUT2D eigenvalue weighted by Crippen LogP contribution is 2.15. The van der Waals surface area contributed by atoms with E-state index in [1.807, 2.05) is 19.1 Å². The number of nitrogens with one attached hydrogen (secondary N) is 3. The molecule has 2 amide bonds. The van der Waals surface area contributed by atoms with Crippen molar-refractivity contribution in [1.29, 1.82) is 0 Å². The highest BCUT2D eigenvalue weighted by atomic mass is 32.1. The van der Waals surface area contributed by atoms with Crippen LogP contribution in [0.3, 0.4) is 0 Å². The van der Waals surface area contributed by atoms with E-state index in [1.165, 1.54) is 18.2 Å². The number of nitro benzene ring substituents is 1. The van der Waals surface area contributed by atoms with Crippen LogP contribution in [0.1, 0.15) is 15.9 Å². The summed E-state index contributed by atoms with van der Waals surface area (Å²) in [5.74, 6) is -0.582. The molecule has 0 aliphatic rings. The van der Waals surface area contributed by atoms with Crippen LogP contribution in [0.25, 0.3) is 0 Å². The molecule has 0 saturated carbocycles. The van der Waals surface area contributed by atoms with Gasteiger partial charge >= 0.3 is 0 Å². The van der Waals surface area contributed by atoms with Crippen LogP contribution in [0.5, 0.6) is 5.75 Å². The number of carbonyl (C=O) groups excluding carboxylic acids is 2. The molecule has 3 N–H and O–H groups in total. The van der Waals surface area contributed by atoms with Crippen LogP contribution in [-0.4, -0.2) is 28.5 Å². The number of hydrogen-bond donors (Lipinski definition) is 3. The molecule has 27 heavy (non-hydrogen) atoms. The fraction of sp³-hybridized carbons (Fsp3) is 0.118. The Morgan fingerprint density at radius 2 is 1.89 bits per heavy atom. The van der Waals surface area contributed by atoms with Crippen molar-refractivity contribution in [3.8, 4) is 5.75 Å². The number of rotatable bonds is 5. The van der Waals surface area contributed by atoms with Gasteiger partial charge in [0.2, 0.25) is 0 Å². The first-order valence-corrected chi connectivity index (χ1v) is 8.10. The standard InChI is InChI=1S/C17H16N4O5S/c1-11-5-2-3-8-14(11)26-10-15(22)19-20-17(27)18-16(23)12-6-4-7-13(9-12)21(24)25/h2-9H,10H2,1H3,(H,19,22)(H2,18,20,23,27). The second kappa shape index (κ2) is 9.25. The number of thiocarbonyl (C=S) groups is 1. The Morgan fingerprint density at radius 1 is 1.15 bits per heavy atom. The molecule has 10 heteroatoms. The molecule has 2 rings (SSSR count). The van der Waals surface area contributed by atoms with Crippen LogP contribution in [0.4, 0.5) is 5.69 Å². The minimum absolute atomic E-state index is 0.0579. The molecule has 0 heterocycles. The van der Waals surface area contributed by atoms with Gasteiger partial charge in [0.05, 0.1) is 4.92 Å². The fourth-order valence-electron chi connectivity index (χ4n) is 1.99. The zero-order valence-corrected chi connectivity index (χ0v) is 15.0. The molecule has 0 aromatic heterocycles. The maximum atomic E-state index is 12.0. The van der Waals surface area contributed by atoms with Crippen LogP contribution in [0.2, 0.25) is 0 Å². The molecule has 0 atom stereocenters. The van der Waals surface area contributed by atoms with Crippen molar-refractivity contribution in [3.05, 3.63) is 69.8 Å². The Labute approximate surface area is 159 Å². The van der Waals surface area contributed by atoms with Gasteiger partial charge in [0.25, 0.3) is 17.5 Å². The number of ether oxygens (including phenoxy) is 1. The van der Waals surface area contributed by atoms with Gasteiger partial charge in [-0.05, 0) is 36.8 Å². The first kappa shape index (κ1) is 19.8. The molecule has 0 bridgehead atoms. The third kappa shape index (κ3) is 6.04. The van der Waals surface area contributed by atoms with E-state index < -0.39 is 16.7 Å². The fourth-order valence-corrected chi connectivity index (χ4v) is 2.14. The summed E-state index contributed by atoms with van der Waals surface area (Å²) in [7, 11) is 0.